The molecular weight excluding hydrogens is 619 g/mol. The zero-order valence-corrected chi connectivity index (χ0v) is 28.9. The molecule has 3 aromatic rings. The van der Waals surface area contributed by atoms with Gasteiger partial charge in [0.2, 0.25) is 0 Å². The van der Waals surface area contributed by atoms with Crippen LogP contribution in [0.5, 0.6) is 0 Å². The average Bonchev–Trinajstić information content (AvgIpc) is 3.84. The SMILES string of the molecule is CCCC[C-]=C(CCCC)C(=[C-]P(=O)(c1ccccc1)c1ccccc1)c1ccccc1.[CH]1C=CC=C1.[CH]1C=CC=C1.[Zr+2]. The molecule has 5 rings (SSSR count). The van der Waals surface area contributed by atoms with E-state index in [1.807, 2.05) is 140 Å². The fourth-order valence-electron chi connectivity index (χ4n) is 4.34. The minimum Gasteiger partial charge on any atom is -0.340 e. The third kappa shape index (κ3) is 12.8. The first-order valence-electron chi connectivity index (χ1n) is 15.0. The van der Waals surface area contributed by atoms with Gasteiger partial charge in [-0.2, -0.15) is 0 Å². The summed E-state index contributed by atoms with van der Waals surface area (Å²) in [6.07, 6.45) is 29.9. The van der Waals surface area contributed by atoms with Crippen LogP contribution in [0.15, 0.2) is 145 Å². The molecule has 3 aromatic carbocycles. The summed E-state index contributed by atoms with van der Waals surface area (Å²) in [5, 5.41) is 1.62. The normalized spacial score (nSPS) is 13.5. The van der Waals surface area contributed by atoms with Crippen molar-refractivity contribution in [1.82, 2.24) is 0 Å². The van der Waals surface area contributed by atoms with Gasteiger partial charge in [-0.3, -0.25) is 0 Å². The Kier molecular flexibility index (Phi) is 18.5. The fraction of sp³-hybridized carbons (Fsp3) is 0.200. The molecule has 0 aliphatic heterocycles. The summed E-state index contributed by atoms with van der Waals surface area (Å²) in [5.41, 5.74) is 3.12. The van der Waals surface area contributed by atoms with E-state index < -0.39 is 7.14 Å². The minimum absolute atomic E-state index is 0. The van der Waals surface area contributed by atoms with Gasteiger partial charge in [-0.1, -0.05) is 167 Å². The van der Waals surface area contributed by atoms with E-state index in [9.17, 15) is 4.57 Å². The van der Waals surface area contributed by atoms with Crippen LogP contribution in [-0.4, -0.2) is 0 Å². The summed E-state index contributed by atoms with van der Waals surface area (Å²) in [4.78, 5) is 0. The van der Waals surface area contributed by atoms with Gasteiger partial charge in [-0.05, 0) is 0 Å². The van der Waals surface area contributed by atoms with Crippen LogP contribution in [0.4, 0.5) is 0 Å². The minimum atomic E-state index is -3.12. The Bertz CT molecular complexity index is 1310. The predicted molar refractivity (Wildman–Crippen MR) is 184 cm³/mol. The van der Waals surface area contributed by atoms with E-state index in [0.717, 1.165) is 65.8 Å². The molecule has 0 amide bonds. The van der Waals surface area contributed by atoms with Crippen molar-refractivity contribution < 1.29 is 30.8 Å². The number of rotatable bonds is 11. The van der Waals surface area contributed by atoms with E-state index in [-0.39, 0.29) is 26.2 Å². The molecule has 0 saturated carbocycles. The number of benzene rings is 3. The van der Waals surface area contributed by atoms with Crippen molar-refractivity contribution in [3.8, 4) is 0 Å². The van der Waals surface area contributed by atoms with Gasteiger partial charge in [0, 0.05) is 23.5 Å². The van der Waals surface area contributed by atoms with Gasteiger partial charge in [-0.15, -0.1) is 25.0 Å². The van der Waals surface area contributed by atoms with Crippen molar-refractivity contribution in [1.29, 1.82) is 0 Å². The van der Waals surface area contributed by atoms with Crippen LogP contribution in [0.1, 0.15) is 57.9 Å². The summed E-state index contributed by atoms with van der Waals surface area (Å²) in [6.45, 7) is 4.41. The van der Waals surface area contributed by atoms with Gasteiger partial charge in [-0.25, -0.2) is 11.4 Å². The van der Waals surface area contributed by atoms with Gasteiger partial charge in [0.15, 0.2) is 0 Å². The number of unbranched alkanes of at least 4 members (excludes halogenated alkanes) is 3. The van der Waals surface area contributed by atoms with Crippen LogP contribution in [0.2, 0.25) is 0 Å². The maximum atomic E-state index is 14.7. The van der Waals surface area contributed by atoms with Crippen molar-refractivity contribution in [2.45, 2.75) is 52.4 Å². The molecule has 0 aromatic heterocycles. The van der Waals surface area contributed by atoms with Crippen LogP contribution >= 0.6 is 7.14 Å². The molecule has 2 aliphatic carbocycles. The van der Waals surface area contributed by atoms with Crippen LogP contribution in [0.3, 0.4) is 0 Å². The van der Waals surface area contributed by atoms with E-state index in [1.165, 1.54) is 0 Å². The van der Waals surface area contributed by atoms with Crippen LogP contribution in [0, 0.1) is 24.7 Å². The maximum Gasteiger partial charge on any atom is 2.00 e. The molecule has 0 spiro atoms. The van der Waals surface area contributed by atoms with E-state index >= 15 is 0 Å². The summed E-state index contributed by atoms with van der Waals surface area (Å²) in [7, 11) is -3.12. The van der Waals surface area contributed by atoms with E-state index in [4.69, 9.17) is 0 Å². The van der Waals surface area contributed by atoms with E-state index in [2.05, 4.69) is 37.9 Å². The quantitative estimate of drug-likeness (QED) is 0.0865. The van der Waals surface area contributed by atoms with Gasteiger partial charge in [0.05, 0.1) is 7.14 Å². The Morgan fingerprint density at radius 3 is 1.44 bits per heavy atom. The van der Waals surface area contributed by atoms with E-state index in [1.54, 1.807) is 0 Å². The molecule has 0 unspecified atom stereocenters. The van der Waals surface area contributed by atoms with E-state index in [0.29, 0.717) is 0 Å². The summed E-state index contributed by atoms with van der Waals surface area (Å²) >= 11 is 0. The molecular formula is C40H43OPZr. The third-order valence-corrected chi connectivity index (χ3v) is 9.22. The molecule has 2 radical (unpaired) electrons. The van der Waals surface area contributed by atoms with Crippen molar-refractivity contribution >= 4 is 23.3 Å². The Labute approximate surface area is 280 Å². The summed E-state index contributed by atoms with van der Waals surface area (Å²) < 4.78 is 14.7. The molecule has 218 valence electrons. The Balaban J connectivity index is 0.000000492. The van der Waals surface area contributed by atoms with Crippen LogP contribution in [0.25, 0.3) is 5.57 Å². The second kappa shape index (κ2) is 21.8. The molecule has 1 nitrogen and oxygen atoms in total. The smallest absolute Gasteiger partial charge is 0.340 e. The first-order chi connectivity index (χ1) is 20.7. The monoisotopic (exact) mass is 660 g/mol. The topological polar surface area (TPSA) is 17.1 Å². The Morgan fingerprint density at radius 2 is 1.05 bits per heavy atom. The van der Waals surface area contributed by atoms with Crippen molar-refractivity contribution in [3.05, 3.63) is 175 Å². The summed E-state index contributed by atoms with van der Waals surface area (Å²) in [6, 6.07) is 29.9. The van der Waals surface area contributed by atoms with Crippen molar-refractivity contribution in [2.75, 3.05) is 0 Å². The van der Waals surface area contributed by atoms with Crippen LogP contribution < -0.4 is 10.6 Å². The van der Waals surface area contributed by atoms with Crippen molar-refractivity contribution in [3.63, 3.8) is 0 Å². The largest absolute Gasteiger partial charge is 2.00 e. The van der Waals surface area contributed by atoms with Gasteiger partial charge in [0.1, 0.15) is 0 Å². The Morgan fingerprint density at radius 1 is 0.605 bits per heavy atom. The van der Waals surface area contributed by atoms with Gasteiger partial charge < -0.3 is 21.8 Å². The number of hydrogen-bond acceptors (Lipinski definition) is 1. The molecule has 2 aliphatic rings. The Hall–Kier alpha value is -2.79. The van der Waals surface area contributed by atoms with Gasteiger partial charge >= 0.3 is 26.2 Å². The van der Waals surface area contributed by atoms with Gasteiger partial charge in [0.25, 0.3) is 0 Å². The van der Waals surface area contributed by atoms with Crippen molar-refractivity contribution in [2.24, 2.45) is 0 Å². The zero-order chi connectivity index (χ0) is 29.7. The molecule has 0 heterocycles. The van der Waals surface area contributed by atoms with Crippen LogP contribution in [-0.2, 0) is 30.8 Å². The third-order valence-electron chi connectivity index (χ3n) is 6.63. The first-order valence-corrected chi connectivity index (χ1v) is 16.7. The molecule has 0 N–H and O–H groups in total. The average molecular weight is 662 g/mol. The molecule has 3 heteroatoms. The number of allylic oxidation sites excluding steroid dienone is 11. The fourth-order valence-corrected chi connectivity index (χ4v) is 6.65. The standard InChI is InChI=1S/C30H33OP.2C5H5.Zr/c1-3-5-10-18-26(17-6-4-2)30(27-19-11-7-12-20-27)25-32(31,28-21-13-8-14-22-28)29-23-15-9-16-24-29;2*1-2-4-5-3-1;/h7-9,11-16,19-24H,3-6,10,17H2,1-2H3;2*1-5H;/q-2;;;+2. The molecule has 0 fully saturated rings. The second-order valence-electron chi connectivity index (χ2n) is 9.92. The molecule has 43 heavy (non-hydrogen) atoms. The number of hydrogen-bond donors (Lipinski definition) is 0. The predicted octanol–water partition coefficient (Wildman–Crippen LogP) is 10.6. The first kappa shape index (κ1) is 36.4. The molecule has 0 bridgehead atoms. The molecule has 0 atom stereocenters. The maximum absolute atomic E-state index is 14.7. The zero-order valence-electron chi connectivity index (χ0n) is 25.5. The molecule has 0 saturated heterocycles. The second-order valence-corrected chi connectivity index (χ2v) is 12.4. The summed E-state index contributed by atoms with van der Waals surface area (Å²) in [5.74, 6) is 3.59.